The van der Waals surface area contributed by atoms with Crippen molar-refractivity contribution in [3.05, 3.63) is 42.0 Å². The molecule has 0 atom stereocenters. The van der Waals surface area contributed by atoms with E-state index in [9.17, 15) is 13.0 Å². The van der Waals surface area contributed by atoms with Crippen LogP contribution >= 0.6 is 0 Å². The molecule has 3 nitrogen and oxygen atoms in total. The van der Waals surface area contributed by atoms with Crippen LogP contribution in [0.1, 0.15) is 121 Å². The second-order valence-electron chi connectivity index (χ2n) is 8.91. The van der Waals surface area contributed by atoms with Crippen LogP contribution in [0.3, 0.4) is 0 Å². The zero-order chi connectivity index (χ0) is 22.8. The zero-order valence-electron chi connectivity index (χ0n) is 19.9. The van der Waals surface area contributed by atoms with Gasteiger partial charge in [-0.2, -0.15) is 8.42 Å². The molecule has 0 heterocycles. The molecule has 0 saturated heterocycles. The molecule has 1 rings (SSSR count). The van der Waals surface area contributed by atoms with E-state index in [2.05, 4.69) is 13.5 Å². The van der Waals surface area contributed by atoms with Crippen molar-refractivity contribution in [1.29, 1.82) is 0 Å². The van der Waals surface area contributed by atoms with Gasteiger partial charge < -0.3 is 0 Å². The first-order chi connectivity index (χ1) is 15.0. The van der Waals surface area contributed by atoms with Gasteiger partial charge in [0.05, 0.1) is 4.90 Å². The van der Waals surface area contributed by atoms with Crippen molar-refractivity contribution in [2.24, 2.45) is 0 Å². The number of hydrogen-bond acceptors (Lipinski definition) is 2. The predicted octanol–water partition coefficient (Wildman–Crippen LogP) is 8.47. The normalized spacial score (nSPS) is 11.7. The average molecular weight is 451 g/mol. The Kier molecular flexibility index (Phi) is 15.7. The highest BCUT2D eigenvalue weighted by atomic mass is 32.2. The fraction of sp³-hybridized carbons (Fsp3) is 0.704. The van der Waals surface area contributed by atoms with Crippen LogP contribution in [-0.4, -0.2) is 13.0 Å². The Balaban J connectivity index is 2.08. The lowest BCUT2D eigenvalue weighted by atomic mass is 9.98. The highest BCUT2D eigenvalue weighted by Crippen LogP contribution is 2.23. The molecule has 4 heteroatoms. The lowest BCUT2D eigenvalue weighted by Gasteiger charge is -2.12. The summed E-state index contributed by atoms with van der Waals surface area (Å²) in [5, 5.41) is 0. The topological polar surface area (TPSA) is 54.4 Å². The van der Waals surface area contributed by atoms with Gasteiger partial charge >= 0.3 is 0 Å². The van der Waals surface area contributed by atoms with Gasteiger partial charge in [0, 0.05) is 0 Å². The molecule has 0 radical (unpaired) electrons. The molecule has 0 aliphatic rings. The number of allylic oxidation sites excluding steroid dienone is 1. The van der Waals surface area contributed by atoms with E-state index < -0.39 is 10.1 Å². The van der Waals surface area contributed by atoms with Crippen molar-refractivity contribution in [2.45, 2.75) is 127 Å². The van der Waals surface area contributed by atoms with Gasteiger partial charge in [-0.1, -0.05) is 121 Å². The van der Waals surface area contributed by atoms with Gasteiger partial charge in [0.1, 0.15) is 0 Å². The van der Waals surface area contributed by atoms with Gasteiger partial charge in [-0.25, -0.2) is 0 Å². The molecule has 1 aromatic carbocycles. The second kappa shape index (κ2) is 17.4. The monoisotopic (exact) mass is 450 g/mol. The van der Waals surface area contributed by atoms with Crippen molar-refractivity contribution >= 4 is 10.1 Å². The Bertz CT molecular complexity index is 694. The van der Waals surface area contributed by atoms with E-state index in [4.69, 9.17) is 0 Å². The molecule has 178 valence electrons. The summed E-state index contributed by atoms with van der Waals surface area (Å²) in [6.45, 7) is 6.00. The number of unbranched alkanes of at least 4 members (excludes halogenated alkanes) is 15. The van der Waals surface area contributed by atoms with Gasteiger partial charge in [0.2, 0.25) is 0 Å². The minimum atomic E-state index is -4.19. The smallest absolute Gasteiger partial charge is 0.282 e. The Morgan fingerprint density at radius 2 is 1.23 bits per heavy atom. The molecule has 1 N–H and O–H groups in total. The molecule has 1 aromatic rings. The van der Waals surface area contributed by atoms with E-state index in [-0.39, 0.29) is 4.90 Å². The molecule has 31 heavy (non-hydrogen) atoms. The maximum atomic E-state index is 11.6. The highest BCUT2D eigenvalue weighted by molar-refractivity contribution is 7.85. The maximum absolute atomic E-state index is 11.6. The third-order valence-electron chi connectivity index (χ3n) is 6.16. The summed E-state index contributed by atoms with van der Waals surface area (Å²) in [6, 6.07) is 5.17. The summed E-state index contributed by atoms with van der Waals surface area (Å²) in [6.07, 6.45) is 24.5. The molecule has 0 amide bonds. The average Bonchev–Trinajstić information content (AvgIpc) is 2.73. The molecule has 0 unspecified atom stereocenters. The van der Waals surface area contributed by atoms with Gasteiger partial charge in [0.25, 0.3) is 10.1 Å². The minimum Gasteiger partial charge on any atom is -0.282 e. The Morgan fingerprint density at radius 1 is 0.774 bits per heavy atom. The summed E-state index contributed by atoms with van der Waals surface area (Å²) in [5.74, 6) is 0. The first-order valence-corrected chi connectivity index (χ1v) is 14.1. The molecule has 0 aromatic heterocycles. The maximum Gasteiger partial charge on any atom is 0.294 e. The Morgan fingerprint density at radius 3 is 1.65 bits per heavy atom. The molecule has 0 saturated carbocycles. The fourth-order valence-corrected chi connectivity index (χ4v) is 5.10. The van der Waals surface area contributed by atoms with Crippen LogP contribution in [0.15, 0.2) is 35.7 Å². The lowest BCUT2D eigenvalue weighted by Crippen LogP contribution is -2.06. The predicted molar refractivity (Wildman–Crippen MR) is 133 cm³/mol. The zero-order valence-corrected chi connectivity index (χ0v) is 20.7. The first kappa shape index (κ1) is 27.9. The van der Waals surface area contributed by atoms with Crippen molar-refractivity contribution in [3.8, 4) is 0 Å². The number of rotatable bonds is 20. The van der Waals surface area contributed by atoms with Crippen LogP contribution in [0, 0.1) is 0 Å². The van der Waals surface area contributed by atoms with E-state index in [1.165, 1.54) is 102 Å². The molecule has 0 aliphatic carbocycles. The Labute approximate surface area is 192 Å². The minimum absolute atomic E-state index is 0.0291. The van der Waals surface area contributed by atoms with Crippen LogP contribution in [0.25, 0.3) is 0 Å². The standard InChI is InChI=1S/C27H46O3S/c1-3-5-6-7-8-9-10-11-12-13-14-15-16-17-18-19-22-25-23-20-24-27(31(28,29)30)26(25)21-4-2/h4,20,23-24H,2-3,5-19,21-22H2,1H3,(H,28,29,30). The number of hydrogen-bond donors (Lipinski definition) is 1. The van der Waals surface area contributed by atoms with Gasteiger partial charge in [-0.05, 0) is 36.5 Å². The molecule has 0 bridgehead atoms. The van der Waals surface area contributed by atoms with Crippen molar-refractivity contribution < 1.29 is 13.0 Å². The van der Waals surface area contributed by atoms with Crippen LogP contribution < -0.4 is 0 Å². The summed E-state index contributed by atoms with van der Waals surface area (Å²) < 4.78 is 32.7. The third kappa shape index (κ3) is 13.1. The van der Waals surface area contributed by atoms with Gasteiger partial charge in [0.15, 0.2) is 0 Å². The molecular weight excluding hydrogens is 404 g/mol. The summed E-state index contributed by atoms with van der Waals surface area (Å²) >= 11 is 0. The van der Waals surface area contributed by atoms with E-state index in [0.717, 1.165) is 18.4 Å². The Hall–Kier alpha value is -1.13. The summed E-state index contributed by atoms with van der Waals surface area (Å²) in [5.41, 5.74) is 1.71. The van der Waals surface area contributed by atoms with Gasteiger partial charge in [-0.15, -0.1) is 6.58 Å². The van der Waals surface area contributed by atoms with Gasteiger partial charge in [-0.3, -0.25) is 4.55 Å². The van der Waals surface area contributed by atoms with Crippen molar-refractivity contribution in [1.82, 2.24) is 0 Å². The number of benzene rings is 1. The summed E-state index contributed by atoms with van der Waals surface area (Å²) in [4.78, 5) is 0.0291. The van der Waals surface area contributed by atoms with Crippen LogP contribution in [0.2, 0.25) is 0 Å². The third-order valence-corrected chi connectivity index (χ3v) is 7.09. The highest BCUT2D eigenvalue weighted by Gasteiger charge is 2.17. The quantitative estimate of drug-likeness (QED) is 0.123. The molecule has 0 spiro atoms. The van der Waals surface area contributed by atoms with Crippen molar-refractivity contribution in [3.63, 3.8) is 0 Å². The van der Waals surface area contributed by atoms with E-state index >= 15 is 0 Å². The van der Waals surface area contributed by atoms with E-state index in [1.807, 2.05) is 6.07 Å². The number of aryl methyl sites for hydroxylation is 1. The first-order valence-electron chi connectivity index (χ1n) is 12.7. The summed E-state index contributed by atoms with van der Waals surface area (Å²) in [7, 11) is -4.19. The molecule has 0 fully saturated rings. The van der Waals surface area contributed by atoms with Crippen molar-refractivity contribution in [2.75, 3.05) is 0 Å². The van der Waals surface area contributed by atoms with Crippen LogP contribution in [-0.2, 0) is 23.0 Å². The van der Waals surface area contributed by atoms with Crippen LogP contribution in [0.4, 0.5) is 0 Å². The van der Waals surface area contributed by atoms with E-state index in [1.54, 1.807) is 12.1 Å². The lowest BCUT2D eigenvalue weighted by molar-refractivity contribution is 0.482. The second-order valence-corrected chi connectivity index (χ2v) is 10.3. The SMILES string of the molecule is C=CCc1c(CCCCCCCCCCCCCCCCCC)cccc1S(=O)(=O)O. The largest absolute Gasteiger partial charge is 0.294 e. The van der Waals surface area contributed by atoms with E-state index in [0.29, 0.717) is 12.0 Å². The molecule has 0 aliphatic heterocycles. The fourth-order valence-electron chi connectivity index (χ4n) is 4.33. The van der Waals surface area contributed by atoms with Crippen LogP contribution in [0.5, 0.6) is 0 Å². The molecular formula is C27H46O3S.